The first-order valence-corrected chi connectivity index (χ1v) is 7.69. The van der Waals surface area contributed by atoms with E-state index in [1.54, 1.807) is 6.33 Å². The molecule has 1 saturated heterocycles. The van der Waals surface area contributed by atoms with Crippen molar-refractivity contribution in [1.29, 1.82) is 0 Å². The van der Waals surface area contributed by atoms with E-state index in [0.29, 0.717) is 5.92 Å². The Hall–Kier alpha value is -1.69. The van der Waals surface area contributed by atoms with Crippen LogP contribution in [0.2, 0.25) is 0 Å². The smallest absolute Gasteiger partial charge is 0.163 e. The van der Waals surface area contributed by atoms with Crippen molar-refractivity contribution in [1.82, 2.24) is 19.7 Å². The van der Waals surface area contributed by atoms with E-state index in [4.69, 9.17) is 0 Å². The second-order valence-corrected chi connectivity index (χ2v) is 5.90. The van der Waals surface area contributed by atoms with Gasteiger partial charge < -0.3 is 10.0 Å². The number of aliphatic hydroxyl groups is 1. The first kappa shape index (κ1) is 14.3. The zero-order valence-electron chi connectivity index (χ0n) is 13.0. The molecule has 0 amide bonds. The summed E-state index contributed by atoms with van der Waals surface area (Å²) in [7, 11) is 1.91. The molecule has 1 aliphatic heterocycles. The molecule has 3 heterocycles. The number of aromatic nitrogens is 4. The molecular weight excluding hydrogens is 266 g/mol. The Labute approximate surface area is 124 Å². The third-order valence-corrected chi connectivity index (χ3v) is 4.58. The van der Waals surface area contributed by atoms with Gasteiger partial charge in [0.2, 0.25) is 0 Å². The molecule has 0 bridgehead atoms. The molecule has 0 radical (unpaired) electrons. The van der Waals surface area contributed by atoms with Crippen molar-refractivity contribution in [2.75, 3.05) is 18.0 Å². The van der Waals surface area contributed by atoms with Gasteiger partial charge in [-0.15, -0.1) is 0 Å². The van der Waals surface area contributed by atoms with Crippen LogP contribution in [-0.4, -0.2) is 44.0 Å². The summed E-state index contributed by atoms with van der Waals surface area (Å²) in [5.41, 5.74) is 1.85. The van der Waals surface area contributed by atoms with E-state index < -0.39 is 0 Å². The monoisotopic (exact) mass is 289 g/mol. The maximum absolute atomic E-state index is 10.0. The van der Waals surface area contributed by atoms with Crippen LogP contribution in [0.15, 0.2) is 6.33 Å². The van der Waals surface area contributed by atoms with Crippen LogP contribution < -0.4 is 4.90 Å². The van der Waals surface area contributed by atoms with E-state index in [1.807, 2.05) is 25.6 Å². The molecular formula is C15H23N5O. The molecule has 1 N–H and O–H groups in total. The first-order valence-electron chi connectivity index (χ1n) is 7.69. The summed E-state index contributed by atoms with van der Waals surface area (Å²) in [5, 5.41) is 15.5. The van der Waals surface area contributed by atoms with Gasteiger partial charge >= 0.3 is 0 Å². The van der Waals surface area contributed by atoms with Crippen LogP contribution in [0.25, 0.3) is 11.0 Å². The van der Waals surface area contributed by atoms with Gasteiger partial charge in [-0.1, -0.05) is 6.92 Å². The Bertz CT molecular complexity index is 630. The lowest BCUT2D eigenvalue weighted by atomic mass is 9.90. The minimum absolute atomic E-state index is 0.169. The van der Waals surface area contributed by atoms with Gasteiger partial charge in [-0.2, -0.15) is 5.10 Å². The molecule has 0 aliphatic carbocycles. The normalized spacial score (nSPS) is 18.4. The number of nitrogens with zero attached hydrogens (tertiary/aromatic N) is 5. The van der Waals surface area contributed by atoms with E-state index in [0.717, 1.165) is 54.9 Å². The Balaban J connectivity index is 1.86. The summed E-state index contributed by atoms with van der Waals surface area (Å²) in [5.74, 6) is 1.40. The highest BCUT2D eigenvalue weighted by molar-refractivity contribution is 5.89. The predicted molar refractivity (Wildman–Crippen MR) is 82.3 cm³/mol. The number of hydrogen-bond acceptors (Lipinski definition) is 5. The van der Waals surface area contributed by atoms with E-state index >= 15 is 0 Å². The molecule has 0 aromatic carbocycles. The Morgan fingerprint density at radius 3 is 2.71 bits per heavy atom. The summed E-state index contributed by atoms with van der Waals surface area (Å²) >= 11 is 0. The molecule has 0 saturated carbocycles. The first-order chi connectivity index (χ1) is 10.1. The molecule has 0 spiro atoms. The molecule has 3 rings (SSSR count). The lowest BCUT2D eigenvalue weighted by molar-refractivity contribution is 0.0892. The molecule has 2 aromatic rings. The molecule has 21 heavy (non-hydrogen) atoms. The van der Waals surface area contributed by atoms with E-state index in [-0.39, 0.29) is 6.10 Å². The van der Waals surface area contributed by atoms with Gasteiger partial charge in [-0.3, -0.25) is 4.68 Å². The molecule has 1 aliphatic rings. The maximum Gasteiger partial charge on any atom is 0.163 e. The number of aryl methyl sites for hydroxylation is 2. The second-order valence-electron chi connectivity index (χ2n) is 5.90. The average molecular weight is 289 g/mol. The van der Waals surface area contributed by atoms with Crippen molar-refractivity contribution in [3.05, 3.63) is 12.0 Å². The highest BCUT2D eigenvalue weighted by atomic mass is 16.3. The highest BCUT2D eigenvalue weighted by Gasteiger charge is 2.26. The maximum atomic E-state index is 10.0. The van der Waals surface area contributed by atoms with Gasteiger partial charge in [0.15, 0.2) is 5.65 Å². The fourth-order valence-electron chi connectivity index (χ4n) is 3.33. The van der Waals surface area contributed by atoms with Gasteiger partial charge in [0.05, 0.1) is 17.2 Å². The quantitative estimate of drug-likeness (QED) is 0.931. The van der Waals surface area contributed by atoms with Crippen molar-refractivity contribution >= 4 is 16.9 Å². The van der Waals surface area contributed by atoms with Crippen LogP contribution in [0.3, 0.4) is 0 Å². The summed E-state index contributed by atoms with van der Waals surface area (Å²) in [6.07, 6.45) is 4.31. The van der Waals surface area contributed by atoms with Crippen LogP contribution in [0.4, 0.5) is 5.82 Å². The Kier molecular flexibility index (Phi) is 3.80. The Morgan fingerprint density at radius 1 is 1.33 bits per heavy atom. The third-order valence-electron chi connectivity index (χ3n) is 4.58. The highest BCUT2D eigenvalue weighted by Crippen LogP contribution is 2.30. The SMILES string of the molecule is CC[C@H](O)C1CCN(c2ncnc3c2c(C)nn3C)CC1. The van der Waals surface area contributed by atoms with Gasteiger partial charge in [0.1, 0.15) is 12.1 Å². The lowest BCUT2D eigenvalue weighted by Crippen LogP contribution is -2.38. The average Bonchev–Trinajstić information content (AvgIpc) is 2.82. The molecule has 6 nitrogen and oxygen atoms in total. The van der Waals surface area contributed by atoms with Crippen LogP contribution >= 0.6 is 0 Å². The molecule has 0 unspecified atom stereocenters. The molecule has 1 atom stereocenters. The van der Waals surface area contributed by atoms with E-state index in [2.05, 4.69) is 20.0 Å². The number of piperidine rings is 1. The van der Waals surface area contributed by atoms with Gasteiger partial charge in [-0.05, 0) is 32.1 Å². The van der Waals surface area contributed by atoms with Crippen molar-refractivity contribution in [3.63, 3.8) is 0 Å². The largest absolute Gasteiger partial charge is 0.393 e. The van der Waals surface area contributed by atoms with Crippen LogP contribution in [0.5, 0.6) is 0 Å². The lowest BCUT2D eigenvalue weighted by Gasteiger charge is -2.34. The zero-order valence-corrected chi connectivity index (χ0v) is 13.0. The number of fused-ring (bicyclic) bond motifs is 1. The van der Waals surface area contributed by atoms with Crippen LogP contribution in [-0.2, 0) is 7.05 Å². The van der Waals surface area contributed by atoms with Crippen LogP contribution in [0, 0.1) is 12.8 Å². The van der Waals surface area contributed by atoms with Crippen molar-refractivity contribution in [3.8, 4) is 0 Å². The van der Waals surface area contributed by atoms with E-state index in [1.165, 1.54) is 0 Å². The van der Waals surface area contributed by atoms with Gasteiger partial charge in [-0.25, -0.2) is 9.97 Å². The third kappa shape index (κ3) is 2.48. The fraction of sp³-hybridized carbons (Fsp3) is 0.667. The second kappa shape index (κ2) is 5.60. The molecule has 1 fully saturated rings. The number of rotatable bonds is 3. The van der Waals surface area contributed by atoms with Crippen molar-refractivity contribution in [2.24, 2.45) is 13.0 Å². The zero-order chi connectivity index (χ0) is 15.0. The number of aliphatic hydroxyl groups excluding tert-OH is 1. The van der Waals surface area contributed by atoms with E-state index in [9.17, 15) is 5.11 Å². The number of hydrogen-bond donors (Lipinski definition) is 1. The van der Waals surface area contributed by atoms with Crippen molar-refractivity contribution < 1.29 is 5.11 Å². The van der Waals surface area contributed by atoms with Crippen molar-refractivity contribution in [2.45, 2.75) is 39.2 Å². The summed E-state index contributed by atoms with van der Waals surface area (Å²) in [6, 6.07) is 0. The molecule has 2 aromatic heterocycles. The minimum atomic E-state index is -0.169. The van der Waals surface area contributed by atoms with Crippen LogP contribution in [0.1, 0.15) is 31.9 Å². The minimum Gasteiger partial charge on any atom is -0.393 e. The summed E-state index contributed by atoms with van der Waals surface area (Å²) in [6.45, 7) is 5.91. The predicted octanol–water partition coefficient (Wildman–Crippen LogP) is 1.66. The summed E-state index contributed by atoms with van der Waals surface area (Å²) in [4.78, 5) is 11.1. The topological polar surface area (TPSA) is 67.1 Å². The van der Waals surface area contributed by atoms with Gasteiger partial charge in [0, 0.05) is 20.1 Å². The fourth-order valence-corrected chi connectivity index (χ4v) is 3.33. The Morgan fingerprint density at radius 2 is 2.05 bits per heavy atom. The molecule has 6 heteroatoms. The molecule has 114 valence electrons. The standard InChI is InChI=1S/C15H23N5O/c1-4-12(21)11-5-7-20(8-6-11)15-13-10(2)18-19(3)14(13)16-9-17-15/h9,11-12,21H,4-8H2,1-3H3/t12-/m0/s1. The number of anilines is 1. The summed E-state index contributed by atoms with van der Waals surface area (Å²) < 4.78 is 1.81. The van der Waals surface area contributed by atoms with Gasteiger partial charge in [0.25, 0.3) is 0 Å².